The Morgan fingerprint density at radius 2 is 1.71 bits per heavy atom. The average Bonchev–Trinajstić information content (AvgIpc) is 2.61. The zero-order valence-electron chi connectivity index (χ0n) is 16.9. The van der Waals surface area contributed by atoms with Gasteiger partial charge in [-0.15, -0.1) is 0 Å². The van der Waals surface area contributed by atoms with Gasteiger partial charge in [0.15, 0.2) is 0 Å². The van der Waals surface area contributed by atoms with Crippen molar-refractivity contribution < 1.29 is 22.7 Å². The van der Waals surface area contributed by atoms with Crippen LogP contribution in [0.15, 0.2) is 41.3 Å². The molecule has 0 aliphatic rings. The van der Waals surface area contributed by atoms with E-state index in [2.05, 4.69) is 4.72 Å². The Morgan fingerprint density at radius 1 is 1.07 bits per heavy atom. The van der Waals surface area contributed by atoms with Crippen molar-refractivity contribution in [3.63, 3.8) is 0 Å². The summed E-state index contributed by atoms with van der Waals surface area (Å²) in [6, 6.07) is 9.90. The zero-order chi connectivity index (χ0) is 20.9. The summed E-state index contributed by atoms with van der Waals surface area (Å²) >= 11 is 0. The van der Waals surface area contributed by atoms with Gasteiger partial charge in [-0.1, -0.05) is 35.9 Å². The standard InChI is InChI=1S/C21H27NO5S/c1-6-27-21(23)12-18(17-9-7-14(2)8-10-17)22-28(24,25)20-13-19(26-5)15(3)11-16(20)4/h7-11,13,18,22H,6,12H2,1-5H3/t18-/m0/s1. The molecule has 0 saturated heterocycles. The van der Waals surface area contributed by atoms with E-state index in [9.17, 15) is 13.2 Å². The molecule has 1 atom stereocenters. The number of esters is 1. The summed E-state index contributed by atoms with van der Waals surface area (Å²) in [6.45, 7) is 7.47. The molecule has 0 amide bonds. The van der Waals surface area contributed by atoms with E-state index < -0.39 is 22.0 Å². The number of carbonyl (C=O) groups excluding carboxylic acids is 1. The predicted octanol–water partition coefficient (Wildman–Crippen LogP) is 3.59. The number of rotatable bonds is 8. The molecule has 0 aliphatic carbocycles. The molecule has 7 heteroatoms. The smallest absolute Gasteiger partial charge is 0.307 e. The van der Waals surface area contributed by atoms with Crippen molar-refractivity contribution in [1.29, 1.82) is 0 Å². The molecule has 6 nitrogen and oxygen atoms in total. The third-order valence-corrected chi connectivity index (χ3v) is 6.05. The zero-order valence-corrected chi connectivity index (χ0v) is 17.7. The molecule has 0 radical (unpaired) electrons. The minimum Gasteiger partial charge on any atom is -0.496 e. The molecule has 28 heavy (non-hydrogen) atoms. The third-order valence-electron chi connectivity index (χ3n) is 4.44. The van der Waals surface area contributed by atoms with Crippen LogP contribution in [0, 0.1) is 20.8 Å². The Hall–Kier alpha value is -2.38. The van der Waals surface area contributed by atoms with E-state index in [1.165, 1.54) is 13.2 Å². The van der Waals surface area contributed by atoms with Gasteiger partial charge in [0, 0.05) is 6.07 Å². The summed E-state index contributed by atoms with van der Waals surface area (Å²) in [7, 11) is -2.40. The van der Waals surface area contributed by atoms with E-state index in [0.717, 1.165) is 11.1 Å². The first-order valence-corrected chi connectivity index (χ1v) is 10.6. The van der Waals surface area contributed by atoms with Gasteiger partial charge in [-0.2, -0.15) is 0 Å². The van der Waals surface area contributed by atoms with E-state index >= 15 is 0 Å². The van der Waals surface area contributed by atoms with E-state index in [1.54, 1.807) is 19.9 Å². The van der Waals surface area contributed by atoms with Crippen molar-refractivity contribution in [3.8, 4) is 5.75 Å². The van der Waals surface area contributed by atoms with Crippen LogP contribution in [0.4, 0.5) is 0 Å². The Kier molecular flexibility index (Phi) is 7.21. The van der Waals surface area contributed by atoms with Crippen LogP contribution in [0.3, 0.4) is 0 Å². The lowest BCUT2D eigenvalue weighted by atomic mass is 10.0. The number of nitrogens with one attached hydrogen (secondary N) is 1. The van der Waals surface area contributed by atoms with Gasteiger partial charge < -0.3 is 9.47 Å². The molecule has 0 aromatic heterocycles. The highest BCUT2D eigenvalue weighted by Crippen LogP contribution is 2.28. The van der Waals surface area contributed by atoms with E-state index in [0.29, 0.717) is 16.9 Å². The molecule has 2 aromatic carbocycles. The van der Waals surface area contributed by atoms with Crippen molar-refractivity contribution in [1.82, 2.24) is 4.72 Å². The SMILES string of the molecule is CCOC(=O)C[C@H](NS(=O)(=O)c1cc(OC)c(C)cc1C)c1ccc(C)cc1. The van der Waals surface area contributed by atoms with Gasteiger partial charge in [0.05, 0.1) is 31.1 Å². The highest BCUT2D eigenvalue weighted by atomic mass is 32.2. The molecular formula is C21H27NO5S. The van der Waals surface area contributed by atoms with Gasteiger partial charge in [-0.05, 0) is 44.4 Å². The fourth-order valence-corrected chi connectivity index (χ4v) is 4.45. The summed E-state index contributed by atoms with van der Waals surface area (Å²) in [5, 5.41) is 0. The minimum absolute atomic E-state index is 0.0990. The number of methoxy groups -OCH3 is 1. The molecule has 152 valence electrons. The maximum atomic E-state index is 13.1. The Labute approximate surface area is 166 Å². The monoisotopic (exact) mass is 405 g/mol. The highest BCUT2D eigenvalue weighted by Gasteiger charge is 2.26. The number of aryl methyl sites for hydroxylation is 3. The maximum absolute atomic E-state index is 13.1. The molecular weight excluding hydrogens is 378 g/mol. The van der Waals surface area contributed by atoms with Gasteiger partial charge in [0.2, 0.25) is 10.0 Å². The first-order valence-electron chi connectivity index (χ1n) is 9.07. The van der Waals surface area contributed by atoms with E-state index in [1.807, 2.05) is 38.1 Å². The molecule has 0 unspecified atom stereocenters. The first kappa shape index (κ1) is 21.9. The second-order valence-corrected chi connectivity index (χ2v) is 8.36. The number of carbonyl (C=O) groups is 1. The van der Waals surface area contributed by atoms with Crippen LogP contribution in [0.25, 0.3) is 0 Å². The molecule has 0 aliphatic heterocycles. The molecule has 1 N–H and O–H groups in total. The summed E-state index contributed by atoms with van der Waals surface area (Å²) in [5.41, 5.74) is 3.18. The molecule has 0 spiro atoms. The molecule has 0 saturated carbocycles. The van der Waals surface area contributed by atoms with E-state index in [4.69, 9.17) is 9.47 Å². The fourth-order valence-electron chi connectivity index (χ4n) is 2.99. The van der Waals surface area contributed by atoms with Gasteiger partial charge >= 0.3 is 5.97 Å². The van der Waals surface area contributed by atoms with E-state index in [-0.39, 0.29) is 17.9 Å². The Morgan fingerprint density at radius 3 is 2.29 bits per heavy atom. The van der Waals surface area contributed by atoms with Crippen LogP contribution in [-0.2, 0) is 19.6 Å². The maximum Gasteiger partial charge on any atom is 0.307 e. The summed E-state index contributed by atoms with van der Waals surface area (Å²) in [6.07, 6.45) is -0.0990. The van der Waals surface area contributed by atoms with Gasteiger partial charge in [0.1, 0.15) is 5.75 Å². The molecule has 0 heterocycles. The predicted molar refractivity (Wildman–Crippen MR) is 108 cm³/mol. The number of hydrogen-bond acceptors (Lipinski definition) is 5. The van der Waals surface area contributed by atoms with Crippen LogP contribution in [0.2, 0.25) is 0 Å². The first-order chi connectivity index (χ1) is 13.2. The second kappa shape index (κ2) is 9.21. The van der Waals surface area contributed by atoms with Crippen LogP contribution in [0.5, 0.6) is 5.75 Å². The lowest BCUT2D eigenvalue weighted by Crippen LogP contribution is -2.31. The Bertz CT molecular complexity index is 936. The highest BCUT2D eigenvalue weighted by molar-refractivity contribution is 7.89. The second-order valence-electron chi connectivity index (χ2n) is 6.68. The van der Waals surface area contributed by atoms with Crippen molar-refractivity contribution in [2.45, 2.75) is 45.1 Å². The lowest BCUT2D eigenvalue weighted by molar-refractivity contribution is -0.143. The average molecular weight is 406 g/mol. The third kappa shape index (κ3) is 5.33. The van der Waals surface area contributed by atoms with Crippen molar-refractivity contribution in [2.24, 2.45) is 0 Å². The number of hydrogen-bond donors (Lipinski definition) is 1. The quantitative estimate of drug-likeness (QED) is 0.679. The van der Waals surface area contributed by atoms with Crippen LogP contribution in [-0.4, -0.2) is 28.1 Å². The summed E-state index contributed by atoms with van der Waals surface area (Å²) in [4.78, 5) is 12.2. The summed E-state index contributed by atoms with van der Waals surface area (Å²) < 4.78 is 39.2. The number of benzene rings is 2. The number of sulfonamides is 1. The van der Waals surface area contributed by atoms with Gasteiger partial charge in [-0.3, -0.25) is 4.79 Å². The number of ether oxygens (including phenoxy) is 2. The minimum atomic E-state index is -3.90. The van der Waals surface area contributed by atoms with Crippen LogP contribution >= 0.6 is 0 Å². The summed E-state index contributed by atoms with van der Waals surface area (Å²) in [5.74, 6) is 0.0252. The molecule has 2 rings (SSSR count). The van der Waals surface area contributed by atoms with Crippen LogP contribution < -0.4 is 9.46 Å². The van der Waals surface area contributed by atoms with Crippen molar-refractivity contribution in [3.05, 3.63) is 58.7 Å². The van der Waals surface area contributed by atoms with Crippen molar-refractivity contribution >= 4 is 16.0 Å². The molecule has 0 bridgehead atoms. The largest absolute Gasteiger partial charge is 0.496 e. The normalized spacial score (nSPS) is 12.5. The molecule has 2 aromatic rings. The lowest BCUT2D eigenvalue weighted by Gasteiger charge is -2.20. The van der Waals surface area contributed by atoms with Crippen LogP contribution in [0.1, 0.15) is 41.6 Å². The van der Waals surface area contributed by atoms with Gasteiger partial charge in [-0.25, -0.2) is 13.1 Å². The molecule has 0 fully saturated rings. The Balaban J connectivity index is 2.41. The fraction of sp³-hybridized carbons (Fsp3) is 0.381. The topological polar surface area (TPSA) is 81.7 Å². The van der Waals surface area contributed by atoms with Crippen molar-refractivity contribution in [2.75, 3.05) is 13.7 Å². The van der Waals surface area contributed by atoms with Gasteiger partial charge in [0.25, 0.3) is 0 Å².